The number of carbonyl (C=O) groups is 2. The van der Waals surface area contributed by atoms with Crippen molar-refractivity contribution in [3.63, 3.8) is 0 Å². The van der Waals surface area contributed by atoms with Gasteiger partial charge in [-0.25, -0.2) is 14.6 Å². The number of aromatic nitrogens is 3. The highest BCUT2D eigenvalue weighted by molar-refractivity contribution is 5.86. The SMILES string of the molecule is CC(NC(=O)N1CCCC1(C)C(=O)O)c1ncn[nH]1. The van der Waals surface area contributed by atoms with Crippen LogP contribution >= 0.6 is 0 Å². The molecule has 0 saturated carbocycles. The van der Waals surface area contributed by atoms with E-state index in [0.717, 1.165) is 0 Å². The summed E-state index contributed by atoms with van der Waals surface area (Å²) in [6.45, 7) is 3.77. The first-order valence-electron chi connectivity index (χ1n) is 6.12. The molecule has 2 unspecified atom stereocenters. The Morgan fingerprint density at radius 2 is 2.37 bits per heavy atom. The van der Waals surface area contributed by atoms with E-state index in [2.05, 4.69) is 20.5 Å². The summed E-state index contributed by atoms with van der Waals surface area (Å²) >= 11 is 0. The molecule has 1 aliphatic heterocycles. The fourth-order valence-corrected chi connectivity index (χ4v) is 2.27. The topological polar surface area (TPSA) is 111 Å². The summed E-state index contributed by atoms with van der Waals surface area (Å²) in [5.41, 5.74) is -1.13. The molecule has 0 bridgehead atoms. The Kier molecular flexibility index (Phi) is 3.41. The van der Waals surface area contributed by atoms with Crippen LogP contribution in [0.4, 0.5) is 4.79 Å². The first-order chi connectivity index (χ1) is 8.95. The average Bonchev–Trinajstić information content (AvgIpc) is 2.97. The standard InChI is InChI=1S/C11H17N5O3/c1-7(8-12-6-13-15-8)14-10(19)16-5-3-4-11(16,2)9(17)18/h6-7H,3-5H2,1-2H3,(H,14,19)(H,17,18)(H,12,13,15). The Morgan fingerprint density at radius 1 is 1.63 bits per heavy atom. The minimum absolute atomic E-state index is 0.353. The highest BCUT2D eigenvalue weighted by Gasteiger charge is 2.46. The fraction of sp³-hybridized carbons (Fsp3) is 0.636. The Balaban J connectivity index is 2.06. The molecule has 19 heavy (non-hydrogen) atoms. The summed E-state index contributed by atoms with van der Waals surface area (Å²) in [6.07, 6.45) is 2.51. The first kappa shape index (κ1) is 13.3. The normalized spacial score (nSPS) is 24.2. The molecule has 1 aliphatic rings. The van der Waals surface area contributed by atoms with Crippen LogP contribution in [-0.4, -0.2) is 49.3 Å². The highest BCUT2D eigenvalue weighted by atomic mass is 16.4. The van der Waals surface area contributed by atoms with E-state index in [0.29, 0.717) is 25.2 Å². The molecular formula is C11H17N5O3. The zero-order chi connectivity index (χ0) is 14.0. The van der Waals surface area contributed by atoms with Crippen LogP contribution in [0.1, 0.15) is 38.6 Å². The van der Waals surface area contributed by atoms with Gasteiger partial charge in [-0.05, 0) is 26.7 Å². The third-order valence-electron chi connectivity index (χ3n) is 3.53. The van der Waals surface area contributed by atoms with Crippen LogP contribution in [0.2, 0.25) is 0 Å². The molecule has 0 aliphatic carbocycles. The molecule has 104 valence electrons. The molecule has 1 aromatic heterocycles. The van der Waals surface area contributed by atoms with Crippen molar-refractivity contribution in [2.24, 2.45) is 0 Å². The van der Waals surface area contributed by atoms with Gasteiger partial charge in [0.15, 0.2) is 0 Å². The quantitative estimate of drug-likeness (QED) is 0.739. The van der Waals surface area contributed by atoms with Crippen molar-refractivity contribution in [2.75, 3.05) is 6.54 Å². The minimum atomic E-state index is -1.13. The monoisotopic (exact) mass is 267 g/mol. The highest BCUT2D eigenvalue weighted by Crippen LogP contribution is 2.29. The number of aliphatic carboxylic acids is 1. The molecule has 3 N–H and O–H groups in total. The number of carboxylic acid groups (broad SMARTS) is 1. The van der Waals surface area contributed by atoms with Gasteiger partial charge in [0.2, 0.25) is 0 Å². The number of carboxylic acids is 1. The van der Waals surface area contributed by atoms with Gasteiger partial charge in [-0.2, -0.15) is 5.10 Å². The number of amides is 2. The van der Waals surface area contributed by atoms with Gasteiger partial charge < -0.3 is 15.3 Å². The number of hydrogen-bond donors (Lipinski definition) is 3. The minimum Gasteiger partial charge on any atom is -0.480 e. The molecule has 1 aromatic rings. The van der Waals surface area contributed by atoms with Crippen molar-refractivity contribution < 1.29 is 14.7 Å². The van der Waals surface area contributed by atoms with Crippen LogP contribution in [0.5, 0.6) is 0 Å². The Hall–Kier alpha value is -2.12. The number of rotatable bonds is 3. The van der Waals surface area contributed by atoms with Crippen molar-refractivity contribution in [3.8, 4) is 0 Å². The van der Waals surface area contributed by atoms with E-state index in [4.69, 9.17) is 0 Å². The zero-order valence-corrected chi connectivity index (χ0v) is 10.9. The number of nitrogens with zero attached hydrogens (tertiary/aromatic N) is 3. The van der Waals surface area contributed by atoms with Gasteiger partial charge in [0.25, 0.3) is 0 Å². The predicted octanol–water partition coefficient (Wildman–Crippen LogP) is 0.514. The summed E-state index contributed by atoms with van der Waals surface area (Å²) in [4.78, 5) is 28.8. The van der Waals surface area contributed by atoms with Crippen molar-refractivity contribution in [2.45, 2.75) is 38.3 Å². The van der Waals surface area contributed by atoms with Crippen LogP contribution in [0.25, 0.3) is 0 Å². The van der Waals surface area contributed by atoms with E-state index in [9.17, 15) is 14.7 Å². The summed E-state index contributed by atoms with van der Waals surface area (Å²) in [5.74, 6) is -0.447. The van der Waals surface area contributed by atoms with Crippen LogP contribution < -0.4 is 5.32 Å². The predicted molar refractivity (Wildman–Crippen MR) is 65.3 cm³/mol. The third kappa shape index (κ3) is 2.38. The van der Waals surface area contributed by atoms with Gasteiger partial charge in [-0.3, -0.25) is 5.10 Å². The first-order valence-corrected chi connectivity index (χ1v) is 6.12. The lowest BCUT2D eigenvalue weighted by molar-refractivity contribution is -0.147. The molecule has 8 heteroatoms. The van der Waals surface area contributed by atoms with Crippen molar-refractivity contribution >= 4 is 12.0 Å². The second kappa shape index (κ2) is 4.87. The lowest BCUT2D eigenvalue weighted by Crippen LogP contribution is -2.54. The van der Waals surface area contributed by atoms with E-state index >= 15 is 0 Å². The lowest BCUT2D eigenvalue weighted by Gasteiger charge is -2.31. The van der Waals surface area contributed by atoms with Crippen LogP contribution in [-0.2, 0) is 4.79 Å². The third-order valence-corrected chi connectivity index (χ3v) is 3.53. The largest absolute Gasteiger partial charge is 0.480 e. The van der Waals surface area contributed by atoms with Crippen LogP contribution in [0.15, 0.2) is 6.33 Å². The number of urea groups is 1. The Bertz CT molecular complexity index is 475. The molecule has 2 atom stereocenters. The molecule has 2 heterocycles. The van der Waals surface area contributed by atoms with Gasteiger partial charge in [0.1, 0.15) is 17.7 Å². The van der Waals surface area contributed by atoms with Crippen LogP contribution in [0.3, 0.4) is 0 Å². The number of likely N-dealkylation sites (tertiary alicyclic amines) is 1. The van der Waals surface area contributed by atoms with Crippen molar-refractivity contribution in [1.82, 2.24) is 25.4 Å². The van der Waals surface area contributed by atoms with Gasteiger partial charge in [0.05, 0.1) is 6.04 Å². The lowest BCUT2D eigenvalue weighted by atomic mass is 10.00. The molecular weight excluding hydrogens is 250 g/mol. The summed E-state index contributed by atoms with van der Waals surface area (Å²) in [6, 6.07) is -0.750. The fourth-order valence-electron chi connectivity index (χ4n) is 2.27. The van der Waals surface area contributed by atoms with Gasteiger partial charge in [-0.1, -0.05) is 0 Å². The van der Waals surface area contributed by atoms with Crippen molar-refractivity contribution in [3.05, 3.63) is 12.2 Å². The molecule has 8 nitrogen and oxygen atoms in total. The molecule has 2 rings (SSSR count). The molecule has 1 saturated heterocycles. The van der Waals surface area contributed by atoms with Gasteiger partial charge >= 0.3 is 12.0 Å². The summed E-state index contributed by atoms with van der Waals surface area (Å²) in [5, 5.41) is 18.4. The molecule has 0 radical (unpaired) electrons. The van der Waals surface area contributed by atoms with E-state index in [1.54, 1.807) is 13.8 Å². The van der Waals surface area contributed by atoms with E-state index in [1.165, 1.54) is 11.2 Å². The molecule has 2 amide bonds. The number of hydrogen-bond acceptors (Lipinski definition) is 4. The second-order valence-corrected chi connectivity index (χ2v) is 4.88. The zero-order valence-electron chi connectivity index (χ0n) is 10.9. The molecule has 0 spiro atoms. The van der Waals surface area contributed by atoms with Crippen LogP contribution in [0, 0.1) is 0 Å². The number of carbonyl (C=O) groups excluding carboxylic acids is 1. The van der Waals surface area contributed by atoms with Crippen molar-refractivity contribution in [1.29, 1.82) is 0 Å². The maximum atomic E-state index is 12.2. The van der Waals surface area contributed by atoms with Gasteiger partial charge in [-0.15, -0.1) is 0 Å². The maximum Gasteiger partial charge on any atom is 0.329 e. The number of nitrogens with one attached hydrogen (secondary N) is 2. The molecule has 0 aromatic carbocycles. The number of H-pyrrole nitrogens is 1. The Labute approximate surface area is 110 Å². The average molecular weight is 267 g/mol. The van der Waals surface area contributed by atoms with E-state index < -0.39 is 17.5 Å². The molecule has 1 fully saturated rings. The van der Waals surface area contributed by atoms with E-state index in [1.807, 2.05) is 0 Å². The smallest absolute Gasteiger partial charge is 0.329 e. The van der Waals surface area contributed by atoms with Gasteiger partial charge in [0, 0.05) is 6.54 Å². The maximum absolute atomic E-state index is 12.2. The number of aromatic amines is 1. The Morgan fingerprint density at radius 3 is 2.95 bits per heavy atom. The summed E-state index contributed by atoms with van der Waals surface area (Å²) < 4.78 is 0. The summed E-state index contributed by atoms with van der Waals surface area (Å²) in [7, 11) is 0. The van der Waals surface area contributed by atoms with E-state index in [-0.39, 0.29) is 6.04 Å². The second-order valence-electron chi connectivity index (χ2n) is 4.88.